The molecule has 0 aromatic carbocycles. The standard InChI is InChI=1S/C10H9N/c1-2-5-9-6-4-8-11-10(9)7-3-1/h1,3-8H,2H2. The molecule has 1 aromatic rings. The predicted octanol–water partition coefficient (Wildman–Crippen LogP) is 0.602. The smallest absolute Gasteiger partial charge is 0.0698 e. The lowest BCUT2D eigenvalue weighted by Gasteiger charge is -1.84. The molecule has 1 aliphatic carbocycles. The van der Waals surface area contributed by atoms with E-state index in [1.165, 1.54) is 5.22 Å². The molecule has 11 heavy (non-hydrogen) atoms. The number of aromatic nitrogens is 1. The van der Waals surface area contributed by atoms with Gasteiger partial charge < -0.3 is 0 Å². The average Bonchev–Trinajstić information content (AvgIpc) is 2.28. The van der Waals surface area contributed by atoms with E-state index in [0.717, 1.165) is 11.8 Å². The number of nitrogens with zero attached hydrogens (tertiary/aromatic N) is 1. The van der Waals surface area contributed by atoms with Crippen molar-refractivity contribution < 1.29 is 0 Å². The van der Waals surface area contributed by atoms with Gasteiger partial charge in [0.15, 0.2) is 0 Å². The molecule has 2 rings (SSSR count). The van der Waals surface area contributed by atoms with Crippen LogP contribution in [0.25, 0.3) is 12.2 Å². The summed E-state index contributed by atoms with van der Waals surface area (Å²) in [6.07, 6.45) is 11.2. The first-order valence-electron chi connectivity index (χ1n) is 3.75. The van der Waals surface area contributed by atoms with Gasteiger partial charge in [0, 0.05) is 6.20 Å². The molecule has 0 bridgehead atoms. The Hall–Kier alpha value is -1.37. The molecule has 0 unspecified atom stereocenters. The monoisotopic (exact) mass is 143 g/mol. The van der Waals surface area contributed by atoms with Crippen molar-refractivity contribution in [2.75, 3.05) is 0 Å². The second-order valence-electron chi connectivity index (χ2n) is 2.51. The van der Waals surface area contributed by atoms with Gasteiger partial charge in [0.1, 0.15) is 0 Å². The van der Waals surface area contributed by atoms with Crippen LogP contribution < -0.4 is 10.6 Å². The lowest BCUT2D eigenvalue weighted by atomic mass is 10.3. The fourth-order valence-corrected chi connectivity index (χ4v) is 1.17. The maximum atomic E-state index is 4.24. The Bertz CT molecular complexity index is 388. The maximum absolute atomic E-state index is 4.24. The van der Waals surface area contributed by atoms with Gasteiger partial charge in [0.05, 0.1) is 5.35 Å². The Labute approximate surface area is 65.4 Å². The molecule has 1 aromatic heterocycles. The summed E-state index contributed by atoms with van der Waals surface area (Å²) in [5.74, 6) is 0. The van der Waals surface area contributed by atoms with E-state index in [0.29, 0.717) is 0 Å². The molecule has 1 heteroatoms. The Morgan fingerprint density at radius 2 is 2.36 bits per heavy atom. The number of pyridine rings is 1. The van der Waals surface area contributed by atoms with E-state index in [-0.39, 0.29) is 0 Å². The predicted molar refractivity (Wildman–Crippen MR) is 46.2 cm³/mol. The van der Waals surface area contributed by atoms with Gasteiger partial charge in [0.25, 0.3) is 0 Å². The molecule has 0 N–H and O–H groups in total. The fourth-order valence-electron chi connectivity index (χ4n) is 1.17. The molecule has 0 spiro atoms. The zero-order valence-corrected chi connectivity index (χ0v) is 6.20. The second kappa shape index (κ2) is 2.70. The summed E-state index contributed by atoms with van der Waals surface area (Å²) in [6.45, 7) is 0. The highest BCUT2D eigenvalue weighted by Gasteiger charge is 1.85. The molecule has 0 amide bonds. The summed E-state index contributed by atoms with van der Waals surface area (Å²) >= 11 is 0. The van der Waals surface area contributed by atoms with E-state index in [1.54, 1.807) is 0 Å². The summed E-state index contributed by atoms with van der Waals surface area (Å²) in [7, 11) is 0. The normalized spacial score (nSPS) is 14.2. The quantitative estimate of drug-likeness (QED) is 0.518. The highest BCUT2D eigenvalue weighted by Crippen LogP contribution is 1.86. The third-order valence-corrected chi connectivity index (χ3v) is 1.74. The highest BCUT2D eigenvalue weighted by atomic mass is 14.6. The third kappa shape index (κ3) is 1.22. The number of hydrogen-bond acceptors (Lipinski definition) is 1. The zero-order chi connectivity index (χ0) is 7.52. The SMILES string of the molecule is C1=CCC=c2cccnc2=C1. The van der Waals surface area contributed by atoms with Gasteiger partial charge in [0.2, 0.25) is 0 Å². The second-order valence-corrected chi connectivity index (χ2v) is 2.51. The fraction of sp³-hybridized carbons (Fsp3) is 0.100. The van der Waals surface area contributed by atoms with Crippen molar-refractivity contribution in [1.29, 1.82) is 0 Å². The molecule has 1 aliphatic rings. The maximum Gasteiger partial charge on any atom is 0.0698 e. The summed E-state index contributed by atoms with van der Waals surface area (Å²) in [5.41, 5.74) is 0. The van der Waals surface area contributed by atoms with Crippen LogP contribution in [0.4, 0.5) is 0 Å². The van der Waals surface area contributed by atoms with Crippen molar-refractivity contribution in [1.82, 2.24) is 4.98 Å². The molecule has 54 valence electrons. The molecular weight excluding hydrogens is 134 g/mol. The van der Waals surface area contributed by atoms with Crippen LogP contribution in [-0.2, 0) is 0 Å². The zero-order valence-electron chi connectivity index (χ0n) is 6.20. The molecular formula is C10H9N. The number of hydrogen-bond donors (Lipinski definition) is 0. The van der Waals surface area contributed by atoms with Crippen LogP contribution >= 0.6 is 0 Å². The molecule has 0 fully saturated rings. The van der Waals surface area contributed by atoms with Gasteiger partial charge in [-0.1, -0.05) is 24.3 Å². The molecule has 0 aliphatic heterocycles. The molecule has 0 radical (unpaired) electrons. The first-order valence-corrected chi connectivity index (χ1v) is 3.75. The summed E-state index contributed by atoms with van der Waals surface area (Å²) in [6, 6.07) is 4.06. The summed E-state index contributed by atoms with van der Waals surface area (Å²) in [5, 5.41) is 2.30. The van der Waals surface area contributed by atoms with E-state index < -0.39 is 0 Å². The van der Waals surface area contributed by atoms with Gasteiger partial charge >= 0.3 is 0 Å². The van der Waals surface area contributed by atoms with E-state index in [1.807, 2.05) is 18.3 Å². The van der Waals surface area contributed by atoms with Crippen LogP contribution in [-0.4, -0.2) is 4.98 Å². The summed E-state index contributed by atoms with van der Waals surface area (Å²) in [4.78, 5) is 4.24. The highest BCUT2D eigenvalue weighted by molar-refractivity contribution is 5.41. The minimum absolute atomic E-state index is 1.01. The van der Waals surface area contributed by atoms with Crippen molar-refractivity contribution in [3.63, 3.8) is 0 Å². The van der Waals surface area contributed by atoms with Crippen molar-refractivity contribution in [2.24, 2.45) is 0 Å². The van der Waals surface area contributed by atoms with Crippen LogP contribution in [0.15, 0.2) is 30.5 Å². The number of fused-ring (bicyclic) bond motifs is 1. The number of allylic oxidation sites excluding steroid dienone is 2. The van der Waals surface area contributed by atoms with Crippen molar-refractivity contribution in [2.45, 2.75) is 6.42 Å². The first-order chi connectivity index (χ1) is 5.47. The molecule has 0 atom stereocenters. The van der Waals surface area contributed by atoms with Gasteiger partial charge in [-0.3, -0.25) is 4.98 Å². The lowest BCUT2D eigenvalue weighted by molar-refractivity contribution is 1.22. The van der Waals surface area contributed by atoms with Crippen LogP contribution in [0.2, 0.25) is 0 Å². The Morgan fingerprint density at radius 1 is 1.36 bits per heavy atom. The van der Waals surface area contributed by atoms with Crippen molar-refractivity contribution in [3.05, 3.63) is 41.0 Å². The van der Waals surface area contributed by atoms with Gasteiger partial charge in [-0.2, -0.15) is 0 Å². The largest absolute Gasteiger partial charge is 0.256 e. The summed E-state index contributed by atoms with van der Waals surface area (Å²) < 4.78 is 0. The van der Waals surface area contributed by atoms with Gasteiger partial charge in [-0.15, -0.1) is 0 Å². The Kier molecular flexibility index (Phi) is 1.56. The topological polar surface area (TPSA) is 12.9 Å². The minimum atomic E-state index is 1.01. The average molecular weight is 143 g/mol. The Balaban J connectivity index is 2.81. The van der Waals surface area contributed by atoms with E-state index in [4.69, 9.17) is 0 Å². The molecule has 1 heterocycles. The molecule has 0 saturated carbocycles. The van der Waals surface area contributed by atoms with Gasteiger partial charge in [-0.25, -0.2) is 0 Å². The van der Waals surface area contributed by atoms with E-state index in [9.17, 15) is 0 Å². The van der Waals surface area contributed by atoms with Crippen molar-refractivity contribution in [3.8, 4) is 0 Å². The van der Waals surface area contributed by atoms with E-state index >= 15 is 0 Å². The van der Waals surface area contributed by atoms with Crippen LogP contribution in [0.3, 0.4) is 0 Å². The third-order valence-electron chi connectivity index (χ3n) is 1.74. The number of rotatable bonds is 0. The van der Waals surface area contributed by atoms with Crippen LogP contribution in [0.5, 0.6) is 0 Å². The first kappa shape index (κ1) is 6.35. The van der Waals surface area contributed by atoms with Crippen LogP contribution in [0, 0.1) is 0 Å². The van der Waals surface area contributed by atoms with E-state index in [2.05, 4.69) is 29.3 Å². The minimum Gasteiger partial charge on any atom is -0.256 e. The van der Waals surface area contributed by atoms with Crippen LogP contribution in [0.1, 0.15) is 6.42 Å². The molecule has 1 nitrogen and oxygen atoms in total. The lowest BCUT2D eigenvalue weighted by Crippen LogP contribution is -2.26. The Morgan fingerprint density at radius 3 is 3.36 bits per heavy atom. The van der Waals surface area contributed by atoms with Gasteiger partial charge in [-0.05, 0) is 23.8 Å². The van der Waals surface area contributed by atoms with Crippen molar-refractivity contribution >= 4 is 12.2 Å². The molecule has 0 saturated heterocycles.